The van der Waals surface area contributed by atoms with E-state index in [0.29, 0.717) is 16.4 Å². The van der Waals surface area contributed by atoms with Crippen LogP contribution in [0, 0.1) is 6.92 Å². The van der Waals surface area contributed by atoms with Gasteiger partial charge in [-0.05, 0) is 39.0 Å². The van der Waals surface area contributed by atoms with Crippen molar-refractivity contribution in [1.29, 1.82) is 0 Å². The Kier molecular flexibility index (Phi) is 4.81. The van der Waals surface area contributed by atoms with Gasteiger partial charge in [-0.3, -0.25) is 4.79 Å². The van der Waals surface area contributed by atoms with Crippen molar-refractivity contribution in [2.45, 2.75) is 32.8 Å². The number of fused-ring (bicyclic) bond motifs is 1. The summed E-state index contributed by atoms with van der Waals surface area (Å²) in [5.41, 5.74) is 0.771. The van der Waals surface area contributed by atoms with Gasteiger partial charge in [0.15, 0.2) is 24.7 Å². The smallest absolute Gasteiger partial charge is 0.344 e. The van der Waals surface area contributed by atoms with Crippen LogP contribution in [-0.2, 0) is 16.0 Å². The molecule has 1 aliphatic heterocycles. The van der Waals surface area contributed by atoms with Gasteiger partial charge in [0.2, 0.25) is 5.78 Å². The highest BCUT2D eigenvalue weighted by molar-refractivity contribution is 7.14. The largest absolute Gasteiger partial charge is 0.483 e. The molecule has 0 saturated carbocycles. The standard InChI is InChI=1S/C19H20O5S/c1-12-7-8-16(25-12)14(20)10-23-17(21)11-22-15-6-4-5-13-9-19(2,3)24-18(13)15/h4-8H,9-11H2,1-3H3. The Morgan fingerprint density at radius 1 is 1.20 bits per heavy atom. The molecule has 3 rings (SSSR count). The van der Waals surface area contributed by atoms with Crippen LogP contribution >= 0.6 is 11.3 Å². The van der Waals surface area contributed by atoms with Crippen molar-refractivity contribution in [2.75, 3.05) is 13.2 Å². The van der Waals surface area contributed by atoms with E-state index in [1.54, 1.807) is 12.1 Å². The fourth-order valence-electron chi connectivity index (χ4n) is 2.68. The van der Waals surface area contributed by atoms with Crippen molar-refractivity contribution in [2.24, 2.45) is 0 Å². The molecule has 1 aliphatic rings. The number of aryl methyl sites for hydroxylation is 1. The predicted octanol–water partition coefficient (Wildman–Crippen LogP) is 3.57. The number of thiophene rings is 1. The maximum absolute atomic E-state index is 11.9. The van der Waals surface area contributed by atoms with E-state index in [2.05, 4.69) is 0 Å². The molecule has 0 radical (unpaired) electrons. The molecule has 132 valence electrons. The van der Waals surface area contributed by atoms with E-state index in [1.807, 2.05) is 39.0 Å². The van der Waals surface area contributed by atoms with Crippen LogP contribution in [0.5, 0.6) is 11.5 Å². The Morgan fingerprint density at radius 2 is 2.00 bits per heavy atom. The van der Waals surface area contributed by atoms with Crippen LogP contribution in [0.1, 0.15) is 34.0 Å². The van der Waals surface area contributed by atoms with Crippen molar-refractivity contribution >= 4 is 23.1 Å². The molecular formula is C19H20O5S. The van der Waals surface area contributed by atoms with Crippen LogP contribution in [0.2, 0.25) is 0 Å². The van der Waals surface area contributed by atoms with E-state index in [0.717, 1.165) is 16.9 Å². The van der Waals surface area contributed by atoms with Crippen molar-refractivity contribution in [3.05, 3.63) is 45.6 Å². The number of rotatable bonds is 6. The molecule has 0 bridgehead atoms. The zero-order valence-electron chi connectivity index (χ0n) is 14.5. The molecule has 2 aromatic rings. The molecule has 0 N–H and O–H groups in total. The predicted molar refractivity (Wildman–Crippen MR) is 94.7 cm³/mol. The van der Waals surface area contributed by atoms with Gasteiger partial charge in [-0.25, -0.2) is 4.79 Å². The quantitative estimate of drug-likeness (QED) is 0.582. The summed E-state index contributed by atoms with van der Waals surface area (Å²) in [5.74, 6) is 0.388. The first kappa shape index (κ1) is 17.5. The maximum Gasteiger partial charge on any atom is 0.344 e. The number of carbonyl (C=O) groups is 2. The topological polar surface area (TPSA) is 61.8 Å². The summed E-state index contributed by atoms with van der Waals surface area (Å²) in [7, 11) is 0. The SMILES string of the molecule is Cc1ccc(C(=O)COC(=O)COc2cccc3c2OC(C)(C)C3)s1. The zero-order chi connectivity index (χ0) is 18.0. The first-order valence-corrected chi connectivity index (χ1v) is 8.85. The first-order valence-electron chi connectivity index (χ1n) is 8.03. The second-order valence-corrected chi connectivity index (χ2v) is 7.85. The van der Waals surface area contributed by atoms with Crippen molar-refractivity contribution in [3.8, 4) is 11.5 Å². The van der Waals surface area contributed by atoms with Gasteiger partial charge in [0.25, 0.3) is 0 Å². The molecule has 6 heteroatoms. The zero-order valence-corrected chi connectivity index (χ0v) is 15.3. The molecule has 0 amide bonds. The number of carbonyl (C=O) groups excluding carboxylic acids is 2. The lowest BCUT2D eigenvalue weighted by atomic mass is 10.0. The molecular weight excluding hydrogens is 340 g/mol. The molecule has 0 saturated heterocycles. The summed E-state index contributed by atoms with van der Waals surface area (Å²) >= 11 is 1.38. The highest BCUT2D eigenvalue weighted by Crippen LogP contribution is 2.41. The number of Topliss-reactive ketones (excluding diaryl/α,β-unsaturated/α-hetero) is 1. The Morgan fingerprint density at radius 3 is 2.72 bits per heavy atom. The average molecular weight is 360 g/mol. The molecule has 0 unspecified atom stereocenters. The van der Waals surface area contributed by atoms with Crippen LogP contribution < -0.4 is 9.47 Å². The Hall–Kier alpha value is -2.34. The third-order valence-electron chi connectivity index (χ3n) is 3.78. The molecule has 1 aromatic carbocycles. The highest BCUT2D eigenvalue weighted by atomic mass is 32.1. The minimum absolute atomic E-state index is 0.211. The molecule has 1 aromatic heterocycles. The monoisotopic (exact) mass is 360 g/mol. The Labute approximate surface area is 150 Å². The first-order chi connectivity index (χ1) is 11.8. The minimum atomic E-state index is -0.587. The van der Waals surface area contributed by atoms with Crippen molar-refractivity contribution in [1.82, 2.24) is 0 Å². The summed E-state index contributed by atoms with van der Waals surface area (Å²) in [6, 6.07) is 9.20. The molecule has 5 nitrogen and oxygen atoms in total. The maximum atomic E-state index is 11.9. The van der Waals surface area contributed by atoms with Crippen LogP contribution in [0.4, 0.5) is 0 Å². The second-order valence-electron chi connectivity index (χ2n) is 6.57. The molecule has 0 aliphatic carbocycles. The fraction of sp³-hybridized carbons (Fsp3) is 0.368. The summed E-state index contributed by atoms with van der Waals surface area (Å²) in [5, 5.41) is 0. The normalized spacial score (nSPS) is 14.5. The van der Waals surface area contributed by atoms with Crippen molar-refractivity contribution in [3.63, 3.8) is 0 Å². The average Bonchev–Trinajstić information content (AvgIpc) is 3.12. The molecule has 25 heavy (non-hydrogen) atoms. The van der Waals surface area contributed by atoms with Gasteiger partial charge in [-0.1, -0.05) is 12.1 Å². The van der Waals surface area contributed by atoms with Gasteiger partial charge in [-0.15, -0.1) is 11.3 Å². The van der Waals surface area contributed by atoms with Gasteiger partial charge in [0, 0.05) is 16.9 Å². The van der Waals surface area contributed by atoms with E-state index in [9.17, 15) is 9.59 Å². The van der Waals surface area contributed by atoms with Gasteiger partial charge >= 0.3 is 5.97 Å². The second kappa shape index (κ2) is 6.88. The van der Waals surface area contributed by atoms with Crippen LogP contribution in [0.15, 0.2) is 30.3 Å². The van der Waals surface area contributed by atoms with E-state index in [1.165, 1.54) is 11.3 Å². The van der Waals surface area contributed by atoms with Gasteiger partial charge < -0.3 is 14.2 Å². The lowest BCUT2D eigenvalue weighted by Crippen LogP contribution is -2.25. The third-order valence-corrected chi connectivity index (χ3v) is 4.82. The summed E-state index contributed by atoms with van der Waals surface area (Å²) < 4.78 is 16.4. The molecule has 0 atom stereocenters. The number of benzene rings is 1. The lowest BCUT2D eigenvalue weighted by Gasteiger charge is -2.18. The molecule has 2 heterocycles. The van der Waals surface area contributed by atoms with Gasteiger partial charge in [0.05, 0.1) is 4.88 Å². The lowest BCUT2D eigenvalue weighted by molar-refractivity contribution is -0.144. The van der Waals surface area contributed by atoms with Gasteiger partial charge in [-0.2, -0.15) is 0 Å². The van der Waals surface area contributed by atoms with E-state index in [4.69, 9.17) is 14.2 Å². The van der Waals surface area contributed by atoms with Crippen LogP contribution in [0.3, 0.4) is 0 Å². The number of para-hydroxylation sites is 1. The molecule has 0 fully saturated rings. The van der Waals surface area contributed by atoms with E-state index >= 15 is 0 Å². The van der Waals surface area contributed by atoms with Crippen LogP contribution in [0.25, 0.3) is 0 Å². The molecule has 0 spiro atoms. The van der Waals surface area contributed by atoms with E-state index in [-0.39, 0.29) is 24.6 Å². The number of esters is 1. The Bertz CT molecular complexity index is 806. The highest BCUT2D eigenvalue weighted by Gasteiger charge is 2.32. The fourth-order valence-corrected chi connectivity index (χ4v) is 3.47. The van der Waals surface area contributed by atoms with Crippen molar-refractivity contribution < 1.29 is 23.8 Å². The minimum Gasteiger partial charge on any atom is -0.483 e. The summed E-state index contributed by atoms with van der Waals surface area (Å²) in [4.78, 5) is 25.4. The number of hydrogen-bond donors (Lipinski definition) is 0. The van der Waals surface area contributed by atoms with Gasteiger partial charge in [0.1, 0.15) is 5.60 Å². The summed E-state index contributed by atoms with van der Waals surface area (Å²) in [6.07, 6.45) is 0.790. The van der Waals surface area contributed by atoms with Crippen LogP contribution in [-0.4, -0.2) is 30.6 Å². The van der Waals surface area contributed by atoms with E-state index < -0.39 is 5.97 Å². The summed E-state index contributed by atoms with van der Waals surface area (Å²) in [6.45, 7) is 5.38. The number of ether oxygens (including phenoxy) is 3. The number of hydrogen-bond acceptors (Lipinski definition) is 6. The third kappa shape index (κ3) is 4.20. The Balaban J connectivity index is 1.52. The number of ketones is 1.